The minimum Gasteiger partial charge on any atom is -0.488 e. The van der Waals surface area contributed by atoms with Crippen LogP contribution in [0.5, 0.6) is 5.75 Å². The first-order valence-corrected chi connectivity index (χ1v) is 7.68. The molecule has 3 rings (SSSR count). The molecule has 26 heavy (non-hydrogen) atoms. The molecule has 0 saturated carbocycles. The van der Waals surface area contributed by atoms with Crippen molar-refractivity contribution in [1.29, 1.82) is 0 Å². The second-order valence-electron chi connectivity index (χ2n) is 5.33. The summed E-state index contributed by atoms with van der Waals surface area (Å²) >= 11 is 0. The fraction of sp³-hybridized carbons (Fsp3) is 0.167. The molecule has 0 aliphatic carbocycles. The van der Waals surface area contributed by atoms with Gasteiger partial charge < -0.3 is 9.47 Å². The summed E-state index contributed by atoms with van der Waals surface area (Å²) in [6.07, 6.45) is -0.689. The lowest BCUT2D eigenvalue weighted by molar-refractivity contribution is 0.0878. The zero-order valence-electron chi connectivity index (χ0n) is 14.1. The quantitative estimate of drug-likeness (QED) is 0.652. The number of imide groups is 1. The smallest absolute Gasteiger partial charge is 0.438 e. The zero-order chi connectivity index (χ0) is 18.7. The van der Waals surface area contributed by atoms with Crippen molar-refractivity contribution in [1.82, 2.24) is 5.32 Å². The molecule has 134 valence electrons. The second kappa shape index (κ2) is 7.24. The molecule has 1 N–H and O–H groups in total. The number of benzene rings is 2. The van der Waals surface area contributed by atoms with E-state index >= 15 is 0 Å². The summed E-state index contributed by atoms with van der Waals surface area (Å²) in [6, 6.07) is 11.7. The van der Waals surface area contributed by atoms with E-state index in [4.69, 9.17) is 14.3 Å². The van der Waals surface area contributed by atoms with Crippen molar-refractivity contribution in [2.24, 2.45) is 0 Å². The van der Waals surface area contributed by atoms with Gasteiger partial charge in [-0.3, -0.25) is 19.7 Å². The Hall–Kier alpha value is -3.39. The number of hydrogen-bond acceptors (Lipinski definition) is 6. The van der Waals surface area contributed by atoms with E-state index < -0.39 is 17.9 Å². The molecule has 8 heteroatoms. The molecule has 3 amide bonds. The van der Waals surface area contributed by atoms with E-state index in [1.165, 1.54) is 14.2 Å². The van der Waals surface area contributed by atoms with Gasteiger partial charge in [0.25, 0.3) is 11.8 Å². The lowest BCUT2D eigenvalue weighted by atomic mass is 10.1. The number of para-hydroxylation sites is 1. The van der Waals surface area contributed by atoms with E-state index in [-0.39, 0.29) is 23.5 Å². The topological polar surface area (TPSA) is 94.2 Å². The number of fused-ring (bicyclic) bond motifs is 1. The minimum absolute atomic E-state index is 0.0466. The maximum Gasteiger partial charge on any atom is 0.438 e. The molecular formula is C18H16N2O6. The van der Waals surface area contributed by atoms with Crippen LogP contribution in [0.4, 0.5) is 10.5 Å². The maximum atomic E-state index is 12.0. The van der Waals surface area contributed by atoms with Gasteiger partial charge in [0.1, 0.15) is 12.4 Å². The van der Waals surface area contributed by atoms with Gasteiger partial charge in [-0.05, 0) is 18.2 Å². The Morgan fingerprint density at radius 1 is 1.04 bits per heavy atom. The molecule has 2 aromatic rings. The molecule has 2 aromatic carbocycles. The van der Waals surface area contributed by atoms with Gasteiger partial charge in [0, 0.05) is 5.56 Å². The first-order chi connectivity index (χ1) is 12.6. The highest BCUT2D eigenvalue weighted by Gasteiger charge is 2.30. The third-order valence-electron chi connectivity index (χ3n) is 3.84. The van der Waals surface area contributed by atoms with Crippen molar-refractivity contribution in [2.45, 2.75) is 6.61 Å². The molecule has 0 aromatic heterocycles. The van der Waals surface area contributed by atoms with Gasteiger partial charge in [-0.25, -0.2) is 4.79 Å². The highest BCUT2D eigenvalue weighted by atomic mass is 16.7. The number of methoxy groups -OCH3 is 1. The number of nitrogens with one attached hydrogen (secondary N) is 1. The number of anilines is 1. The summed E-state index contributed by atoms with van der Waals surface area (Å²) in [4.78, 5) is 40.6. The molecule has 0 atom stereocenters. The highest BCUT2D eigenvalue weighted by molar-refractivity contribution is 6.22. The SMILES string of the molecule is COC(=O)N(OC)c1ccccc1COc1cccc2c1C(=O)NC2=O. The molecule has 0 saturated heterocycles. The van der Waals surface area contributed by atoms with Gasteiger partial charge in [-0.2, -0.15) is 5.06 Å². The Morgan fingerprint density at radius 2 is 1.81 bits per heavy atom. The first-order valence-electron chi connectivity index (χ1n) is 7.68. The van der Waals surface area contributed by atoms with Crippen LogP contribution in [0.15, 0.2) is 42.5 Å². The molecule has 8 nitrogen and oxygen atoms in total. The Labute approximate surface area is 149 Å². The number of hydroxylamine groups is 1. The van der Waals surface area contributed by atoms with Crippen molar-refractivity contribution < 1.29 is 28.7 Å². The molecule has 1 aliphatic heterocycles. The van der Waals surface area contributed by atoms with Crippen LogP contribution >= 0.6 is 0 Å². The van der Waals surface area contributed by atoms with E-state index in [1.807, 2.05) is 0 Å². The fourth-order valence-electron chi connectivity index (χ4n) is 2.65. The van der Waals surface area contributed by atoms with Gasteiger partial charge >= 0.3 is 6.09 Å². The van der Waals surface area contributed by atoms with Crippen molar-refractivity contribution in [3.05, 3.63) is 59.2 Å². The van der Waals surface area contributed by atoms with Gasteiger partial charge in [-0.15, -0.1) is 0 Å². The summed E-state index contributed by atoms with van der Waals surface area (Å²) in [6.45, 7) is 0.0466. The standard InChI is InChI=1S/C18H16N2O6/c1-24-18(23)20(25-2)13-8-4-3-6-11(13)10-26-14-9-5-7-12-15(14)17(22)19-16(12)21/h3-9H,10H2,1-2H3,(H,19,21,22). The van der Waals surface area contributed by atoms with E-state index in [0.29, 0.717) is 11.3 Å². The Kier molecular flexibility index (Phi) is 4.85. The summed E-state index contributed by atoms with van der Waals surface area (Å²) in [5.74, 6) is -0.670. The lowest BCUT2D eigenvalue weighted by Gasteiger charge is -2.21. The number of hydrogen-bond donors (Lipinski definition) is 1. The zero-order valence-corrected chi connectivity index (χ0v) is 14.1. The number of nitrogens with zero attached hydrogens (tertiary/aromatic N) is 1. The average molecular weight is 356 g/mol. The fourth-order valence-corrected chi connectivity index (χ4v) is 2.65. The highest BCUT2D eigenvalue weighted by Crippen LogP contribution is 2.28. The van der Waals surface area contributed by atoms with E-state index in [1.54, 1.807) is 42.5 Å². The third-order valence-corrected chi connectivity index (χ3v) is 3.84. The molecule has 0 fully saturated rings. The van der Waals surface area contributed by atoms with Crippen molar-refractivity contribution in [3.63, 3.8) is 0 Å². The van der Waals surface area contributed by atoms with Crippen molar-refractivity contribution in [2.75, 3.05) is 19.3 Å². The molecule has 1 heterocycles. The van der Waals surface area contributed by atoms with Crippen LogP contribution in [0.1, 0.15) is 26.3 Å². The van der Waals surface area contributed by atoms with Gasteiger partial charge in [-0.1, -0.05) is 24.3 Å². The molecule has 0 spiro atoms. The molecule has 0 radical (unpaired) electrons. The monoisotopic (exact) mass is 356 g/mol. The van der Waals surface area contributed by atoms with Crippen LogP contribution < -0.4 is 15.1 Å². The largest absolute Gasteiger partial charge is 0.488 e. The number of ether oxygens (including phenoxy) is 2. The van der Waals surface area contributed by atoms with Crippen LogP contribution in [0.25, 0.3) is 0 Å². The lowest BCUT2D eigenvalue weighted by Crippen LogP contribution is -2.30. The van der Waals surface area contributed by atoms with Crippen LogP contribution in [-0.2, 0) is 16.2 Å². The molecular weight excluding hydrogens is 340 g/mol. The predicted octanol–water partition coefficient (Wildman–Crippen LogP) is 2.28. The summed E-state index contributed by atoms with van der Waals surface area (Å²) in [5, 5.41) is 3.23. The van der Waals surface area contributed by atoms with E-state index in [2.05, 4.69) is 5.32 Å². The number of carbonyl (C=O) groups is 3. The van der Waals surface area contributed by atoms with Crippen molar-refractivity contribution >= 4 is 23.6 Å². The number of rotatable bonds is 5. The van der Waals surface area contributed by atoms with Gasteiger partial charge in [0.05, 0.1) is 31.0 Å². The van der Waals surface area contributed by atoms with Crippen LogP contribution in [0.2, 0.25) is 0 Å². The van der Waals surface area contributed by atoms with Crippen LogP contribution in [-0.4, -0.2) is 32.1 Å². The Balaban J connectivity index is 1.88. The molecule has 0 bridgehead atoms. The third kappa shape index (κ3) is 3.09. The van der Waals surface area contributed by atoms with Crippen LogP contribution in [0.3, 0.4) is 0 Å². The predicted molar refractivity (Wildman–Crippen MR) is 90.9 cm³/mol. The summed E-state index contributed by atoms with van der Waals surface area (Å²) < 4.78 is 10.4. The molecule has 1 aliphatic rings. The summed E-state index contributed by atoms with van der Waals surface area (Å²) in [5.41, 5.74) is 1.54. The minimum atomic E-state index is -0.689. The maximum absolute atomic E-state index is 12.0. The number of amides is 3. The van der Waals surface area contributed by atoms with E-state index in [0.717, 1.165) is 5.06 Å². The average Bonchev–Trinajstić information content (AvgIpc) is 2.96. The van der Waals surface area contributed by atoms with Gasteiger partial charge in [0.15, 0.2) is 0 Å². The second-order valence-corrected chi connectivity index (χ2v) is 5.33. The van der Waals surface area contributed by atoms with Gasteiger partial charge in [0.2, 0.25) is 0 Å². The van der Waals surface area contributed by atoms with E-state index in [9.17, 15) is 14.4 Å². The normalized spacial score (nSPS) is 12.4. The number of carbonyl (C=O) groups excluding carboxylic acids is 3. The first kappa shape index (κ1) is 17.4. The summed E-state index contributed by atoms with van der Waals surface area (Å²) in [7, 11) is 2.59. The van der Waals surface area contributed by atoms with Crippen LogP contribution in [0, 0.1) is 0 Å². The molecule has 0 unspecified atom stereocenters. The Bertz CT molecular complexity index is 880. The Morgan fingerprint density at radius 3 is 2.54 bits per heavy atom. The van der Waals surface area contributed by atoms with Crippen molar-refractivity contribution in [3.8, 4) is 5.75 Å².